The average molecular weight is 381 g/mol. The monoisotopic (exact) mass is 381 g/mol. The third-order valence-electron chi connectivity index (χ3n) is 2.62. The van der Waals surface area contributed by atoms with Crippen LogP contribution in [-0.2, 0) is 0 Å². The number of hydrogen-bond acceptors (Lipinski definition) is 4. The van der Waals surface area contributed by atoms with Crippen LogP contribution in [0.5, 0.6) is 11.6 Å². The fraction of sp³-hybridized carbons (Fsp3) is 0. The molecule has 0 fully saturated rings. The van der Waals surface area contributed by atoms with Crippen LogP contribution in [-0.4, -0.2) is 25.7 Å². The van der Waals surface area contributed by atoms with Gasteiger partial charge < -0.3 is 9.84 Å². The van der Waals surface area contributed by atoms with Gasteiger partial charge in [-0.25, -0.2) is 9.31 Å². The number of ether oxygens (including phenoxy) is 1. The molecule has 0 radical (unpaired) electrons. The van der Waals surface area contributed by atoms with E-state index in [1.54, 1.807) is 47.2 Å². The second-order valence-electron chi connectivity index (χ2n) is 3.95. The first-order valence-corrected chi connectivity index (χ1v) is 6.72. The van der Waals surface area contributed by atoms with Gasteiger partial charge in [-0.15, -0.1) is 0 Å². The molecule has 0 saturated heterocycles. The van der Waals surface area contributed by atoms with Crippen molar-refractivity contribution in [3.8, 4) is 11.6 Å². The zero-order valence-electron chi connectivity index (χ0n) is 10.0. The lowest BCUT2D eigenvalue weighted by atomic mass is 10.2. The van der Waals surface area contributed by atoms with Crippen molar-refractivity contribution in [1.82, 2.24) is 14.6 Å². The van der Waals surface area contributed by atoms with Crippen molar-refractivity contribution in [3.63, 3.8) is 0 Å². The molecule has 0 aliphatic carbocycles. The number of halogens is 1. The van der Waals surface area contributed by atoms with E-state index in [1.807, 2.05) is 0 Å². The maximum atomic E-state index is 11.2. The number of hydrogen-bond donors (Lipinski definition) is 1. The Bertz CT molecular complexity index is 800. The molecule has 6 nitrogen and oxygen atoms in total. The van der Waals surface area contributed by atoms with E-state index in [9.17, 15) is 9.90 Å². The number of rotatable bonds is 3. The summed E-state index contributed by atoms with van der Waals surface area (Å²) in [5.41, 5.74) is 0.733. The molecule has 20 heavy (non-hydrogen) atoms. The van der Waals surface area contributed by atoms with Crippen LogP contribution in [0.3, 0.4) is 0 Å². The Morgan fingerprint density at radius 3 is 2.95 bits per heavy atom. The number of carboxylic acids is 1. The molecule has 0 spiro atoms. The van der Waals surface area contributed by atoms with E-state index in [0.29, 0.717) is 11.5 Å². The molecule has 3 rings (SSSR count). The zero-order valence-corrected chi connectivity index (χ0v) is 12.2. The second-order valence-corrected chi connectivity index (χ2v) is 5.19. The maximum Gasteiger partial charge on any atom is 0.339 e. The van der Waals surface area contributed by atoms with Gasteiger partial charge in [-0.2, -0.15) is 10.1 Å². The maximum absolute atomic E-state index is 11.2. The van der Waals surface area contributed by atoms with E-state index >= 15 is 0 Å². The van der Waals surface area contributed by atoms with Crippen molar-refractivity contribution in [2.75, 3.05) is 0 Å². The first kappa shape index (κ1) is 12.9. The van der Waals surface area contributed by atoms with Crippen LogP contribution >= 0.6 is 22.6 Å². The largest absolute Gasteiger partial charge is 0.478 e. The molecule has 2 aromatic heterocycles. The molecule has 2 heterocycles. The molecule has 3 aromatic rings. The molecule has 0 amide bonds. The third-order valence-corrected chi connectivity index (χ3v) is 3.29. The van der Waals surface area contributed by atoms with Crippen LogP contribution < -0.4 is 4.74 Å². The third kappa shape index (κ3) is 2.44. The van der Waals surface area contributed by atoms with Crippen molar-refractivity contribution >= 4 is 34.2 Å². The van der Waals surface area contributed by atoms with Gasteiger partial charge in [0.15, 0.2) is 5.65 Å². The molecular formula is C13H8IN3O3. The predicted molar refractivity (Wildman–Crippen MR) is 79.2 cm³/mol. The van der Waals surface area contributed by atoms with Crippen LogP contribution in [0.4, 0.5) is 0 Å². The quantitative estimate of drug-likeness (QED) is 0.707. The van der Waals surface area contributed by atoms with Gasteiger partial charge in [0.05, 0.1) is 6.20 Å². The van der Waals surface area contributed by atoms with Crippen molar-refractivity contribution in [2.24, 2.45) is 0 Å². The summed E-state index contributed by atoms with van der Waals surface area (Å²) >= 11 is 2.05. The minimum absolute atomic E-state index is 0.104. The van der Waals surface area contributed by atoms with Crippen LogP contribution in [0.15, 0.2) is 42.7 Å². The Hall–Kier alpha value is -2.16. The van der Waals surface area contributed by atoms with Gasteiger partial charge in [-0.3, -0.25) is 0 Å². The summed E-state index contributed by atoms with van der Waals surface area (Å²) in [7, 11) is 0. The van der Waals surface area contributed by atoms with E-state index < -0.39 is 5.97 Å². The van der Waals surface area contributed by atoms with Crippen LogP contribution in [0.2, 0.25) is 0 Å². The Labute approximate surface area is 127 Å². The highest BCUT2D eigenvalue weighted by molar-refractivity contribution is 14.1. The SMILES string of the molecule is O=C(O)c1cc(I)ccc1Oc1ccn2nccc2n1. The van der Waals surface area contributed by atoms with Crippen LogP contribution in [0.1, 0.15) is 10.4 Å². The molecule has 7 heteroatoms. The number of nitrogens with zero attached hydrogens (tertiary/aromatic N) is 3. The summed E-state index contributed by atoms with van der Waals surface area (Å²) in [5, 5.41) is 13.2. The van der Waals surface area contributed by atoms with Gasteiger partial charge in [0.2, 0.25) is 5.88 Å². The molecule has 1 N–H and O–H groups in total. The van der Waals surface area contributed by atoms with Gasteiger partial charge in [0.1, 0.15) is 11.3 Å². The van der Waals surface area contributed by atoms with E-state index in [-0.39, 0.29) is 11.3 Å². The van der Waals surface area contributed by atoms with Crippen LogP contribution in [0, 0.1) is 3.57 Å². The fourth-order valence-corrected chi connectivity index (χ4v) is 2.21. The summed E-state index contributed by atoms with van der Waals surface area (Å²) < 4.78 is 7.99. The molecule has 1 aromatic carbocycles. The van der Waals surface area contributed by atoms with E-state index in [0.717, 1.165) is 3.57 Å². The summed E-state index contributed by atoms with van der Waals surface area (Å²) in [6.45, 7) is 0. The fourth-order valence-electron chi connectivity index (χ4n) is 1.72. The van der Waals surface area contributed by atoms with Crippen molar-refractivity contribution in [1.29, 1.82) is 0 Å². The Morgan fingerprint density at radius 2 is 2.15 bits per heavy atom. The topological polar surface area (TPSA) is 76.7 Å². The highest BCUT2D eigenvalue weighted by atomic mass is 127. The average Bonchev–Trinajstić information content (AvgIpc) is 2.88. The molecule has 100 valence electrons. The standard InChI is InChI=1S/C13H8IN3O3/c14-8-1-2-10(9(7-8)13(18)19)20-12-4-6-17-11(16-12)3-5-15-17/h1-7H,(H,18,19). The number of aromatic nitrogens is 3. The molecule has 0 bridgehead atoms. The molecule has 0 aliphatic heterocycles. The first-order chi connectivity index (χ1) is 9.63. The highest BCUT2D eigenvalue weighted by Crippen LogP contribution is 2.26. The summed E-state index contributed by atoms with van der Waals surface area (Å²) in [5.74, 6) is -0.458. The highest BCUT2D eigenvalue weighted by Gasteiger charge is 2.13. The Balaban J connectivity index is 1.99. The molecule has 0 saturated carbocycles. The Morgan fingerprint density at radius 1 is 1.30 bits per heavy atom. The smallest absolute Gasteiger partial charge is 0.339 e. The second kappa shape index (κ2) is 5.08. The van der Waals surface area contributed by atoms with E-state index in [2.05, 4.69) is 32.7 Å². The number of carbonyl (C=O) groups is 1. The number of benzene rings is 1. The lowest BCUT2D eigenvalue weighted by Crippen LogP contribution is -2.01. The lowest BCUT2D eigenvalue weighted by Gasteiger charge is -2.08. The van der Waals surface area contributed by atoms with Gasteiger partial charge in [-0.05, 0) is 40.8 Å². The number of aromatic carboxylic acids is 1. The summed E-state index contributed by atoms with van der Waals surface area (Å²) in [4.78, 5) is 15.5. The first-order valence-electron chi connectivity index (χ1n) is 5.64. The summed E-state index contributed by atoms with van der Waals surface area (Å²) in [6.07, 6.45) is 3.32. The van der Waals surface area contributed by atoms with E-state index in [4.69, 9.17) is 4.74 Å². The Kier molecular flexibility index (Phi) is 3.26. The molecule has 0 atom stereocenters. The molecular weight excluding hydrogens is 373 g/mol. The summed E-state index contributed by atoms with van der Waals surface area (Å²) in [6, 6.07) is 8.31. The van der Waals surface area contributed by atoms with Crippen molar-refractivity contribution in [2.45, 2.75) is 0 Å². The van der Waals surface area contributed by atoms with Gasteiger partial charge in [0.25, 0.3) is 0 Å². The van der Waals surface area contributed by atoms with Crippen molar-refractivity contribution in [3.05, 3.63) is 51.9 Å². The van der Waals surface area contributed by atoms with Gasteiger partial charge >= 0.3 is 5.97 Å². The van der Waals surface area contributed by atoms with Crippen molar-refractivity contribution < 1.29 is 14.6 Å². The number of fused-ring (bicyclic) bond motifs is 1. The van der Waals surface area contributed by atoms with E-state index in [1.165, 1.54) is 0 Å². The number of carboxylic acid groups (broad SMARTS) is 1. The van der Waals surface area contributed by atoms with Crippen LogP contribution in [0.25, 0.3) is 5.65 Å². The molecule has 0 aliphatic rings. The lowest BCUT2D eigenvalue weighted by molar-refractivity contribution is 0.0694. The minimum Gasteiger partial charge on any atom is -0.478 e. The molecule has 0 unspecified atom stereocenters. The normalized spacial score (nSPS) is 10.7. The van der Waals surface area contributed by atoms with Gasteiger partial charge in [-0.1, -0.05) is 0 Å². The predicted octanol–water partition coefficient (Wildman–Crippen LogP) is 2.82. The van der Waals surface area contributed by atoms with Gasteiger partial charge in [0, 0.05) is 21.9 Å². The minimum atomic E-state index is -1.04. The zero-order chi connectivity index (χ0) is 14.1.